The molecule has 1 aliphatic rings. The number of nitrogens with zero attached hydrogens (tertiary/aromatic N) is 2. The maximum atomic E-state index is 13.3. The molecule has 2 heterocycles. The number of aromatic nitrogens is 1. The molecule has 1 aromatic heterocycles. The Morgan fingerprint density at radius 1 is 1.26 bits per heavy atom. The minimum absolute atomic E-state index is 0.0548. The second-order valence-corrected chi connectivity index (χ2v) is 8.75. The lowest BCUT2D eigenvalue weighted by Gasteiger charge is -2.30. The summed E-state index contributed by atoms with van der Waals surface area (Å²) in [5.74, 6) is -0.655. The van der Waals surface area contributed by atoms with E-state index < -0.39 is 15.8 Å². The average molecular weight is 412 g/mol. The van der Waals surface area contributed by atoms with Crippen LogP contribution in [0.1, 0.15) is 18.5 Å². The van der Waals surface area contributed by atoms with Gasteiger partial charge in [-0.2, -0.15) is 4.31 Å². The molecular weight excluding hydrogens is 393 g/mol. The van der Waals surface area contributed by atoms with E-state index in [1.807, 2.05) is 13.0 Å². The van der Waals surface area contributed by atoms with Gasteiger partial charge < -0.3 is 5.32 Å². The first-order chi connectivity index (χ1) is 12.8. The van der Waals surface area contributed by atoms with E-state index in [1.54, 1.807) is 12.1 Å². The van der Waals surface area contributed by atoms with Crippen molar-refractivity contribution in [1.29, 1.82) is 0 Å². The van der Waals surface area contributed by atoms with Gasteiger partial charge in [0.2, 0.25) is 15.9 Å². The molecule has 0 bridgehead atoms. The molecule has 0 unspecified atom stereocenters. The predicted octanol–water partition coefficient (Wildman–Crippen LogP) is 3.22. The van der Waals surface area contributed by atoms with E-state index in [1.165, 1.54) is 10.4 Å². The molecule has 9 heteroatoms. The number of amides is 1. The van der Waals surface area contributed by atoms with E-state index >= 15 is 0 Å². The molecule has 1 saturated heterocycles. The number of aryl methyl sites for hydroxylation is 1. The van der Waals surface area contributed by atoms with Crippen LogP contribution in [0.4, 0.5) is 10.2 Å². The first-order valence-electron chi connectivity index (χ1n) is 8.47. The van der Waals surface area contributed by atoms with Crippen molar-refractivity contribution in [2.45, 2.75) is 24.7 Å². The van der Waals surface area contributed by atoms with Gasteiger partial charge >= 0.3 is 0 Å². The molecule has 0 aliphatic carbocycles. The van der Waals surface area contributed by atoms with E-state index in [4.69, 9.17) is 11.6 Å². The van der Waals surface area contributed by atoms with Crippen molar-refractivity contribution < 1.29 is 17.6 Å². The van der Waals surface area contributed by atoms with Crippen LogP contribution in [0.15, 0.2) is 41.3 Å². The normalized spacial score (nSPS) is 16.3. The molecule has 6 nitrogen and oxygen atoms in total. The molecule has 1 aromatic carbocycles. The Bertz CT molecular complexity index is 960. The first kappa shape index (κ1) is 19.7. The van der Waals surface area contributed by atoms with Crippen LogP contribution in [0, 0.1) is 18.7 Å². The Hall–Kier alpha value is -2.03. The highest BCUT2D eigenvalue weighted by Gasteiger charge is 2.32. The summed E-state index contributed by atoms with van der Waals surface area (Å²) in [6.45, 7) is 2.24. The van der Waals surface area contributed by atoms with Gasteiger partial charge in [-0.15, -0.1) is 0 Å². The van der Waals surface area contributed by atoms with Crippen molar-refractivity contribution in [3.8, 4) is 0 Å². The minimum Gasteiger partial charge on any atom is -0.310 e. The highest BCUT2D eigenvalue weighted by atomic mass is 35.5. The van der Waals surface area contributed by atoms with Gasteiger partial charge in [-0.3, -0.25) is 4.79 Å². The summed E-state index contributed by atoms with van der Waals surface area (Å²) in [7, 11) is -3.78. The minimum atomic E-state index is -3.78. The van der Waals surface area contributed by atoms with Crippen molar-refractivity contribution in [2.75, 3.05) is 18.4 Å². The number of carbonyl (C=O) groups excluding carboxylic acids is 1. The molecule has 1 N–H and O–H groups in total. The fourth-order valence-corrected chi connectivity index (χ4v) is 4.73. The molecule has 2 aromatic rings. The molecule has 0 radical (unpaired) electrons. The van der Waals surface area contributed by atoms with Crippen molar-refractivity contribution in [1.82, 2.24) is 9.29 Å². The molecule has 0 atom stereocenters. The summed E-state index contributed by atoms with van der Waals surface area (Å²) in [5, 5.41) is 2.53. The molecule has 1 fully saturated rings. The van der Waals surface area contributed by atoms with Crippen LogP contribution in [-0.2, 0) is 14.8 Å². The van der Waals surface area contributed by atoms with Crippen LogP contribution < -0.4 is 5.32 Å². The number of benzene rings is 1. The summed E-state index contributed by atoms with van der Waals surface area (Å²) >= 11 is 5.69. The molecule has 0 saturated carbocycles. The third-order valence-corrected chi connectivity index (χ3v) is 6.68. The van der Waals surface area contributed by atoms with E-state index in [0.29, 0.717) is 18.7 Å². The Morgan fingerprint density at radius 3 is 2.59 bits per heavy atom. The number of hydrogen-bond acceptors (Lipinski definition) is 4. The second kappa shape index (κ2) is 7.92. The molecule has 27 heavy (non-hydrogen) atoms. The fraction of sp³-hybridized carbons (Fsp3) is 0.333. The quantitative estimate of drug-likeness (QED) is 0.837. The van der Waals surface area contributed by atoms with E-state index in [9.17, 15) is 17.6 Å². The first-order valence-corrected chi connectivity index (χ1v) is 10.3. The Balaban J connectivity index is 1.64. The molecule has 0 spiro atoms. The number of piperidine rings is 1. The number of anilines is 1. The molecule has 1 amide bonds. The number of pyridine rings is 1. The maximum absolute atomic E-state index is 13.3. The smallest absolute Gasteiger partial charge is 0.243 e. The highest BCUT2D eigenvalue weighted by molar-refractivity contribution is 7.89. The van der Waals surface area contributed by atoms with E-state index in [-0.39, 0.29) is 34.8 Å². The zero-order valence-corrected chi connectivity index (χ0v) is 16.2. The van der Waals surface area contributed by atoms with E-state index in [2.05, 4.69) is 10.3 Å². The summed E-state index contributed by atoms with van der Waals surface area (Å²) in [4.78, 5) is 16.6. The van der Waals surface area contributed by atoms with Gasteiger partial charge in [0.25, 0.3) is 0 Å². The Morgan fingerprint density at radius 2 is 1.96 bits per heavy atom. The van der Waals surface area contributed by atoms with Crippen LogP contribution >= 0.6 is 11.6 Å². The monoisotopic (exact) mass is 411 g/mol. The average Bonchev–Trinajstić information content (AvgIpc) is 2.64. The SMILES string of the molecule is Cc1cccc(NC(=O)C2CCN(S(=O)(=O)c3ccc(F)c(Cl)c3)CC2)n1. The topological polar surface area (TPSA) is 79.4 Å². The number of halogens is 2. The van der Waals surface area contributed by atoms with Crippen molar-refractivity contribution in [3.05, 3.63) is 52.9 Å². The van der Waals surface area contributed by atoms with E-state index in [0.717, 1.165) is 17.8 Å². The zero-order chi connectivity index (χ0) is 19.6. The largest absolute Gasteiger partial charge is 0.310 e. The van der Waals surface area contributed by atoms with Crippen LogP contribution in [0.5, 0.6) is 0 Å². The molecule has 144 valence electrons. The number of carbonyl (C=O) groups is 1. The van der Waals surface area contributed by atoms with Crippen molar-refractivity contribution in [2.24, 2.45) is 5.92 Å². The van der Waals surface area contributed by atoms with Crippen LogP contribution in [-0.4, -0.2) is 36.7 Å². The number of hydrogen-bond donors (Lipinski definition) is 1. The third kappa shape index (κ3) is 4.45. The van der Waals surface area contributed by atoms with Gasteiger partial charge in [0.15, 0.2) is 0 Å². The lowest BCUT2D eigenvalue weighted by Crippen LogP contribution is -2.41. The molecule has 3 rings (SSSR count). The fourth-order valence-electron chi connectivity index (χ4n) is 2.99. The van der Waals surface area contributed by atoms with Gasteiger partial charge in [0.1, 0.15) is 11.6 Å². The summed E-state index contributed by atoms with van der Waals surface area (Å²) in [5.41, 5.74) is 0.798. The van der Waals surface area contributed by atoms with Crippen molar-refractivity contribution in [3.63, 3.8) is 0 Å². The summed E-state index contributed by atoms with van der Waals surface area (Å²) in [6.07, 6.45) is 0.789. The second-order valence-electron chi connectivity index (χ2n) is 6.41. The molecular formula is C18H19ClFN3O3S. The number of nitrogens with one attached hydrogen (secondary N) is 1. The zero-order valence-electron chi connectivity index (χ0n) is 14.7. The summed E-state index contributed by atoms with van der Waals surface area (Å²) < 4.78 is 40.0. The van der Waals surface area contributed by atoms with Gasteiger partial charge in [-0.05, 0) is 50.1 Å². The standard InChI is InChI=1S/C18H19ClFN3O3S/c1-12-3-2-4-17(21-12)22-18(24)13-7-9-23(10-8-13)27(25,26)14-5-6-16(20)15(19)11-14/h2-6,11,13H,7-10H2,1H3,(H,21,22,24). The summed E-state index contributed by atoms with van der Waals surface area (Å²) in [6, 6.07) is 8.68. The Labute approximate surface area is 162 Å². The highest BCUT2D eigenvalue weighted by Crippen LogP contribution is 2.27. The van der Waals surface area contributed by atoms with Crippen molar-refractivity contribution >= 4 is 33.3 Å². The third-order valence-electron chi connectivity index (χ3n) is 4.49. The van der Waals surface area contributed by atoms with Gasteiger partial charge in [-0.1, -0.05) is 17.7 Å². The Kier molecular flexibility index (Phi) is 5.78. The van der Waals surface area contributed by atoms with Gasteiger partial charge in [0, 0.05) is 24.7 Å². The van der Waals surface area contributed by atoms with Crippen LogP contribution in [0.2, 0.25) is 5.02 Å². The lowest BCUT2D eigenvalue weighted by molar-refractivity contribution is -0.120. The van der Waals surface area contributed by atoms with Crippen LogP contribution in [0.25, 0.3) is 0 Å². The predicted molar refractivity (Wildman–Crippen MR) is 100 cm³/mol. The van der Waals surface area contributed by atoms with Gasteiger partial charge in [-0.25, -0.2) is 17.8 Å². The van der Waals surface area contributed by atoms with Gasteiger partial charge in [0.05, 0.1) is 9.92 Å². The number of rotatable bonds is 4. The lowest BCUT2D eigenvalue weighted by atomic mass is 9.97. The maximum Gasteiger partial charge on any atom is 0.243 e. The van der Waals surface area contributed by atoms with Crippen LogP contribution in [0.3, 0.4) is 0 Å². The number of sulfonamides is 1. The molecule has 1 aliphatic heterocycles.